The lowest BCUT2D eigenvalue weighted by molar-refractivity contribution is -0.385. The van der Waals surface area contributed by atoms with Crippen LogP contribution in [0.2, 0.25) is 0 Å². The van der Waals surface area contributed by atoms with E-state index < -0.39 is 28.0 Å². The molecule has 23 heavy (non-hydrogen) atoms. The van der Waals surface area contributed by atoms with Crippen molar-refractivity contribution in [2.75, 3.05) is 6.54 Å². The number of rotatable bonds is 4. The van der Waals surface area contributed by atoms with Crippen LogP contribution in [0.1, 0.15) is 47.9 Å². The molecule has 2 rings (SSSR count). The van der Waals surface area contributed by atoms with E-state index in [1.807, 2.05) is 20.8 Å². The molecule has 0 unspecified atom stereocenters. The quantitative estimate of drug-likeness (QED) is 0.514. The van der Waals surface area contributed by atoms with Gasteiger partial charge in [0.15, 0.2) is 0 Å². The van der Waals surface area contributed by atoms with Gasteiger partial charge in [0.25, 0.3) is 17.5 Å². The fourth-order valence-electron chi connectivity index (χ4n) is 2.37. The Balaban J connectivity index is 2.17. The Labute approximate surface area is 132 Å². The van der Waals surface area contributed by atoms with Crippen molar-refractivity contribution < 1.29 is 19.3 Å². The maximum absolute atomic E-state index is 12.3. The van der Waals surface area contributed by atoms with Gasteiger partial charge in [0, 0.05) is 24.6 Å². The second kappa shape index (κ2) is 5.79. The normalized spacial score (nSPS) is 14.0. The summed E-state index contributed by atoms with van der Waals surface area (Å²) in [6, 6.07) is 3.91. The number of nitro groups is 1. The van der Waals surface area contributed by atoms with Crippen molar-refractivity contribution in [3.63, 3.8) is 0 Å². The lowest BCUT2D eigenvalue weighted by Crippen LogP contribution is -2.42. The molecule has 1 aliphatic rings. The molecule has 1 aliphatic heterocycles. The van der Waals surface area contributed by atoms with E-state index in [4.69, 9.17) is 0 Å². The Bertz CT molecular complexity index is 706. The van der Waals surface area contributed by atoms with Crippen LogP contribution in [0.5, 0.6) is 0 Å². The summed E-state index contributed by atoms with van der Waals surface area (Å²) in [7, 11) is 0. The summed E-state index contributed by atoms with van der Waals surface area (Å²) >= 11 is 0. The highest BCUT2D eigenvalue weighted by molar-refractivity contribution is 6.23. The Kier molecular flexibility index (Phi) is 4.18. The van der Waals surface area contributed by atoms with Gasteiger partial charge in [-0.1, -0.05) is 6.07 Å². The zero-order valence-corrected chi connectivity index (χ0v) is 13.1. The molecule has 1 heterocycles. The van der Waals surface area contributed by atoms with E-state index in [9.17, 15) is 24.5 Å². The van der Waals surface area contributed by atoms with E-state index in [0.29, 0.717) is 0 Å². The molecule has 0 saturated heterocycles. The Morgan fingerprint density at radius 3 is 2.48 bits per heavy atom. The fraction of sp³-hybridized carbons (Fsp3) is 0.400. The predicted molar refractivity (Wildman–Crippen MR) is 81.0 cm³/mol. The van der Waals surface area contributed by atoms with Gasteiger partial charge in [0.2, 0.25) is 5.91 Å². The first-order valence-corrected chi connectivity index (χ1v) is 7.06. The maximum Gasteiger partial charge on any atom is 0.282 e. The van der Waals surface area contributed by atoms with Crippen LogP contribution < -0.4 is 5.32 Å². The number of nitrogens with one attached hydrogen (secondary N) is 1. The van der Waals surface area contributed by atoms with E-state index >= 15 is 0 Å². The second-order valence-corrected chi connectivity index (χ2v) is 6.27. The molecule has 0 spiro atoms. The van der Waals surface area contributed by atoms with Crippen molar-refractivity contribution >= 4 is 23.4 Å². The van der Waals surface area contributed by atoms with Gasteiger partial charge in [-0.15, -0.1) is 0 Å². The lowest BCUT2D eigenvalue weighted by Gasteiger charge is -2.21. The summed E-state index contributed by atoms with van der Waals surface area (Å²) in [5.74, 6) is -1.65. The lowest BCUT2D eigenvalue weighted by atomic mass is 10.1. The van der Waals surface area contributed by atoms with Gasteiger partial charge in [0.05, 0.1) is 10.5 Å². The van der Waals surface area contributed by atoms with Crippen LogP contribution >= 0.6 is 0 Å². The number of benzene rings is 1. The minimum Gasteiger partial charge on any atom is -0.351 e. The third kappa shape index (κ3) is 3.36. The highest BCUT2D eigenvalue weighted by Gasteiger charge is 2.40. The van der Waals surface area contributed by atoms with Gasteiger partial charge in [-0.2, -0.15) is 0 Å². The van der Waals surface area contributed by atoms with Crippen LogP contribution in [0.3, 0.4) is 0 Å². The minimum atomic E-state index is -0.735. The van der Waals surface area contributed by atoms with Crippen LogP contribution in [-0.4, -0.2) is 39.6 Å². The first kappa shape index (κ1) is 16.6. The molecular formula is C15H17N3O5. The summed E-state index contributed by atoms with van der Waals surface area (Å²) in [4.78, 5) is 47.5. The highest BCUT2D eigenvalue weighted by atomic mass is 16.6. The predicted octanol–water partition coefficient (Wildman–Crippen LogP) is 1.50. The molecule has 0 fully saturated rings. The standard InChI is InChI=1S/C15H17N3O5/c1-15(2,3)16-11(19)7-8-17-13(20)9-5-4-6-10(18(22)23)12(9)14(17)21/h4-6H,7-8H2,1-3H3,(H,16,19). The van der Waals surface area contributed by atoms with Crippen LogP contribution in [0.15, 0.2) is 18.2 Å². The zero-order chi connectivity index (χ0) is 17.4. The summed E-state index contributed by atoms with van der Waals surface area (Å²) in [6.07, 6.45) is -0.0590. The molecule has 1 N–H and O–H groups in total. The SMILES string of the molecule is CC(C)(C)NC(=O)CCN1C(=O)c2cccc([N+](=O)[O-])c2C1=O. The zero-order valence-electron chi connectivity index (χ0n) is 13.1. The molecule has 8 heteroatoms. The second-order valence-electron chi connectivity index (χ2n) is 6.27. The van der Waals surface area contributed by atoms with Gasteiger partial charge in [-0.05, 0) is 26.8 Å². The summed E-state index contributed by atoms with van der Waals surface area (Å²) in [5, 5.41) is 13.7. The van der Waals surface area contributed by atoms with Crippen molar-refractivity contribution in [1.29, 1.82) is 0 Å². The van der Waals surface area contributed by atoms with E-state index in [-0.39, 0.29) is 30.0 Å². The van der Waals surface area contributed by atoms with Gasteiger partial charge < -0.3 is 5.32 Å². The molecule has 1 aromatic rings. The van der Waals surface area contributed by atoms with Crippen LogP contribution in [-0.2, 0) is 4.79 Å². The van der Waals surface area contributed by atoms with E-state index in [0.717, 1.165) is 4.90 Å². The van der Waals surface area contributed by atoms with Gasteiger partial charge >= 0.3 is 0 Å². The fourth-order valence-corrected chi connectivity index (χ4v) is 2.37. The van der Waals surface area contributed by atoms with Crippen molar-refractivity contribution in [1.82, 2.24) is 10.2 Å². The molecule has 0 saturated carbocycles. The van der Waals surface area contributed by atoms with Crippen LogP contribution in [0.25, 0.3) is 0 Å². The maximum atomic E-state index is 12.3. The summed E-state index contributed by atoms with van der Waals surface area (Å²) in [5.41, 5.74) is -1.03. The first-order chi connectivity index (χ1) is 10.6. The van der Waals surface area contributed by atoms with Gasteiger partial charge in [-0.25, -0.2) is 0 Å². The van der Waals surface area contributed by atoms with E-state index in [2.05, 4.69) is 5.32 Å². The van der Waals surface area contributed by atoms with Crippen molar-refractivity contribution in [3.8, 4) is 0 Å². The Morgan fingerprint density at radius 1 is 1.26 bits per heavy atom. The average Bonchev–Trinajstić information content (AvgIpc) is 2.67. The molecule has 0 bridgehead atoms. The molecule has 0 aromatic heterocycles. The van der Waals surface area contributed by atoms with E-state index in [1.54, 1.807) is 0 Å². The monoisotopic (exact) mass is 319 g/mol. The molecule has 122 valence electrons. The number of carbonyl (C=O) groups excluding carboxylic acids is 3. The minimum absolute atomic E-state index is 0.000398. The third-order valence-corrected chi connectivity index (χ3v) is 3.25. The number of nitrogens with zero attached hydrogens (tertiary/aromatic N) is 2. The van der Waals surface area contributed by atoms with Gasteiger partial charge in [-0.3, -0.25) is 29.4 Å². The smallest absolute Gasteiger partial charge is 0.282 e. The molecule has 1 aromatic carbocycles. The number of fused-ring (bicyclic) bond motifs is 1. The van der Waals surface area contributed by atoms with Crippen LogP contribution in [0.4, 0.5) is 5.69 Å². The number of nitro benzene ring substituents is 1. The molecule has 0 radical (unpaired) electrons. The summed E-state index contributed by atoms with van der Waals surface area (Å²) in [6.45, 7) is 5.33. The Hall–Kier alpha value is -2.77. The largest absolute Gasteiger partial charge is 0.351 e. The molecule has 0 aliphatic carbocycles. The van der Waals surface area contributed by atoms with Crippen molar-refractivity contribution in [2.45, 2.75) is 32.7 Å². The number of carbonyl (C=O) groups is 3. The molecule has 0 atom stereocenters. The third-order valence-electron chi connectivity index (χ3n) is 3.25. The topological polar surface area (TPSA) is 110 Å². The molecular weight excluding hydrogens is 302 g/mol. The van der Waals surface area contributed by atoms with Crippen LogP contribution in [0, 0.1) is 10.1 Å². The number of imide groups is 1. The number of hydrogen-bond donors (Lipinski definition) is 1. The number of hydrogen-bond acceptors (Lipinski definition) is 5. The average molecular weight is 319 g/mol. The number of amides is 3. The highest BCUT2D eigenvalue weighted by Crippen LogP contribution is 2.30. The van der Waals surface area contributed by atoms with E-state index in [1.165, 1.54) is 18.2 Å². The Morgan fingerprint density at radius 2 is 1.91 bits per heavy atom. The first-order valence-electron chi connectivity index (χ1n) is 7.06. The summed E-state index contributed by atoms with van der Waals surface area (Å²) < 4.78 is 0. The molecule has 8 nitrogen and oxygen atoms in total. The van der Waals surface area contributed by atoms with Crippen molar-refractivity contribution in [3.05, 3.63) is 39.4 Å². The molecule has 3 amide bonds. The van der Waals surface area contributed by atoms with Crippen molar-refractivity contribution in [2.24, 2.45) is 0 Å². The van der Waals surface area contributed by atoms with Gasteiger partial charge in [0.1, 0.15) is 5.56 Å².